The number of amides is 1. The van der Waals surface area contributed by atoms with Crippen molar-refractivity contribution >= 4 is 40.1 Å². The van der Waals surface area contributed by atoms with Gasteiger partial charge < -0.3 is 9.32 Å². The number of nitrogens with zero attached hydrogens (tertiary/aromatic N) is 3. The van der Waals surface area contributed by atoms with E-state index in [0.29, 0.717) is 34.5 Å². The molecule has 0 atom stereocenters. The molecule has 0 aliphatic heterocycles. The van der Waals surface area contributed by atoms with Gasteiger partial charge in [-0.05, 0) is 59.7 Å². The number of carbonyl (C=O) groups excluding carboxylic acids is 1. The minimum atomic E-state index is -0.00464. The fraction of sp³-hybridized carbons (Fsp3) is 0.211. The third-order valence-corrected chi connectivity index (χ3v) is 5.50. The lowest BCUT2D eigenvalue weighted by Crippen LogP contribution is -2.33. The highest BCUT2D eigenvalue weighted by molar-refractivity contribution is 14.1. The van der Waals surface area contributed by atoms with Crippen molar-refractivity contribution in [2.45, 2.75) is 25.4 Å². The maximum atomic E-state index is 13.0. The summed E-state index contributed by atoms with van der Waals surface area (Å²) in [5, 5.41) is 8.75. The number of rotatable bonds is 5. The first kappa shape index (κ1) is 17.5. The molecule has 0 unspecified atom stereocenters. The molecule has 5 nitrogen and oxygen atoms in total. The van der Waals surface area contributed by atoms with E-state index in [0.717, 1.165) is 16.4 Å². The highest BCUT2D eigenvalue weighted by Gasteiger charge is 2.34. The van der Waals surface area contributed by atoms with Gasteiger partial charge in [0.05, 0.1) is 22.7 Å². The standard InChI is InChI=1S/C19H15ClIN3O2/c20-15-7-3-1-5-13(15)18-23-22-17(26-18)11-24(12-9-10-12)19(25)14-6-2-4-8-16(14)21/h1-8,12H,9-11H2. The van der Waals surface area contributed by atoms with Crippen molar-refractivity contribution in [3.8, 4) is 11.5 Å². The van der Waals surface area contributed by atoms with Gasteiger partial charge in [-0.15, -0.1) is 10.2 Å². The van der Waals surface area contributed by atoms with Crippen LogP contribution in [0.3, 0.4) is 0 Å². The maximum absolute atomic E-state index is 13.0. The average molecular weight is 480 g/mol. The molecule has 1 aliphatic rings. The van der Waals surface area contributed by atoms with Gasteiger partial charge in [0.15, 0.2) is 0 Å². The van der Waals surface area contributed by atoms with Crippen LogP contribution in [0.4, 0.5) is 0 Å². The molecule has 0 N–H and O–H groups in total. The van der Waals surface area contributed by atoms with Crippen molar-refractivity contribution in [1.29, 1.82) is 0 Å². The Morgan fingerprint density at radius 1 is 1.15 bits per heavy atom. The lowest BCUT2D eigenvalue weighted by atomic mass is 10.2. The molecule has 3 aromatic rings. The van der Waals surface area contributed by atoms with Gasteiger partial charge in [0.2, 0.25) is 11.8 Å². The van der Waals surface area contributed by atoms with Gasteiger partial charge in [0.1, 0.15) is 0 Å². The van der Waals surface area contributed by atoms with Crippen LogP contribution in [0, 0.1) is 3.57 Å². The van der Waals surface area contributed by atoms with Crippen LogP contribution < -0.4 is 0 Å². The summed E-state index contributed by atoms with van der Waals surface area (Å²) in [6, 6.07) is 15.1. The quantitative estimate of drug-likeness (QED) is 0.493. The van der Waals surface area contributed by atoms with E-state index in [-0.39, 0.29) is 11.9 Å². The maximum Gasteiger partial charge on any atom is 0.255 e. The molecule has 7 heteroatoms. The second-order valence-corrected chi connectivity index (χ2v) is 7.69. The molecule has 1 aliphatic carbocycles. The predicted molar refractivity (Wildman–Crippen MR) is 107 cm³/mol. The summed E-state index contributed by atoms with van der Waals surface area (Å²) < 4.78 is 6.71. The fourth-order valence-electron chi connectivity index (χ4n) is 2.75. The molecule has 1 amide bonds. The van der Waals surface area contributed by atoms with E-state index in [1.54, 1.807) is 6.07 Å². The van der Waals surface area contributed by atoms with E-state index in [1.165, 1.54) is 0 Å². The molecular formula is C19H15ClIN3O2. The van der Waals surface area contributed by atoms with Gasteiger partial charge in [-0.2, -0.15) is 0 Å². The van der Waals surface area contributed by atoms with Crippen LogP contribution >= 0.6 is 34.2 Å². The van der Waals surface area contributed by atoms with Crippen molar-refractivity contribution in [2.24, 2.45) is 0 Å². The number of hydrogen-bond donors (Lipinski definition) is 0. The Morgan fingerprint density at radius 3 is 2.62 bits per heavy atom. The van der Waals surface area contributed by atoms with Crippen LogP contribution in [0.5, 0.6) is 0 Å². The third kappa shape index (κ3) is 3.61. The third-order valence-electron chi connectivity index (χ3n) is 4.23. The molecule has 0 radical (unpaired) electrons. The summed E-state index contributed by atoms with van der Waals surface area (Å²) >= 11 is 8.37. The van der Waals surface area contributed by atoms with Gasteiger partial charge in [0, 0.05) is 9.61 Å². The van der Waals surface area contributed by atoms with E-state index in [1.807, 2.05) is 47.4 Å². The highest BCUT2D eigenvalue weighted by Crippen LogP contribution is 2.31. The molecule has 1 saturated carbocycles. The SMILES string of the molecule is O=C(c1ccccc1I)N(Cc1nnc(-c2ccccc2Cl)o1)C1CC1. The Morgan fingerprint density at radius 2 is 1.88 bits per heavy atom. The first-order valence-electron chi connectivity index (χ1n) is 8.26. The summed E-state index contributed by atoms with van der Waals surface area (Å²) in [6.45, 7) is 0.298. The van der Waals surface area contributed by atoms with Crippen LogP contribution in [0.25, 0.3) is 11.5 Å². The normalized spacial score (nSPS) is 13.6. The van der Waals surface area contributed by atoms with Crippen molar-refractivity contribution in [3.63, 3.8) is 0 Å². The van der Waals surface area contributed by atoms with E-state index in [9.17, 15) is 4.79 Å². The van der Waals surface area contributed by atoms with Crippen molar-refractivity contribution in [1.82, 2.24) is 15.1 Å². The molecule has 4 rings (SSSR count). The Bertz CT molecular complexity index is 955. The topological polar surface area (TPSA) is 59.2 Å². The van der Waals surface area contributed by atoms with Crippen LogP contribution in [-0.2, 0) is 6.54 Å². The first-order valence-corrected chi connectivity index (χ1v) is 9.72. The summed E-state index contributed by atoms with van der Waals surface area (Å²) in [5.74, 6) is 0.768. The minimum Gasteiger partial charge on any atom is -0.419 e. The second-order valence-electron chi connectivity index (χ2n) is 6.12. The summed E-state index contributed by atoms with van der Waals surface area (Å²) in [4.78, 5) is 14.8. The van der Waals surface area contributed by atoms with Crippen LogP contribution in [0.2, 0.25) is 5.02 Å². The summed E-state index contributed by atoms with van der Waals surface area (Å²) in [5.41, 5.74) is 1.39. The van der Waals surface area contributed by atoms with Crippen LogP contribution in [0.15, 0.2) is 52.9 Å². The van der Waals surface area contributed by atoms with E-state index >= 15 is 0 Å². The van der Waals surface area contributed by atoms with Crippen molar-refractivity contribution in [3.05, 3.63) is 68.6 Å². The Balaban J connectivity index is 1.58. The summed E-state index contributed by atoms with van der Waals surface area (Å²) in [6.07, 6.45) is 2.00. The van der Waals surface area contributed by atoms with E-state index in [2.05, 4.69) is 32.8 Å². The van der Waals surface area contributed by atoms with Gasteiger partial charge >= 0.3 is 0 Å². The zero-order valence-corrected chi connectivity index (χ0v) is 16.6. The lowest BCUT2D eigenvalue weighted by Gasteiger charge is -2.21. The largest absolute Gasteiger partial charge is 0.419 e. The van der Waals surface area contributed by atoms with Gasteiger partial charge in [0.25, 0.3) is 5.91 Å². The first-order chi connectivity index (χ1) is 12.6. The highest BCUT2D eigenvalue weighted by atomic mass is 127. The molecule has 1 aromatic heterocycles. The second kappa shape index (κ2) is 7.36. The molecule has 26 heavy (non-hydrogen) atoms. The van der Waals surface area contributed by atoms with E-state index in [4.69, 9.17) is 16.0 Å². The molecule has 2 aromatic carbocycles. The van der Waals surface area contributed by atoms with Gasteiger partial charge in [-0.1, -0.05) is 35.9 Å². The number of hydrogen-bond acceptors (Lipinski definition) is 4. The molecule has 1 heterocycles. The zero-order valence-electron chi connectivity index (χ0n) is 13.7. The Hall–Kier alpha value is -1.93. The molecule has 132 valence electrons. The Labute approximate surface area is 169 Å². The average Bonchev–Trinajstić information content (AvgIpc) is 3.38. The van der Waals surface area contributed by atoms with Gasteiger partial charge in [-0.25, -0.2) is 0 Å². The number of carbonyl (C=O) groups is 1. The Kier molecular flexibility index (Phi) is 4.95. The van der Waals surface area contributed by atoms with Crippen LogP contribution in [-0.4, -0.2) is 27.0 Å². The smallest absolute Gasteiger partial charge is 0.255 e. The molecule has 0 saturated heterocycles. The lowest BCUT2D eigenvalue weighted by molar-refractivity contribution is 0.0713. The van der Waals surface area contributed by atoms with Crippen LogP contribution in [0.1, 0.15) is 29.1 Å². The van der Waals surface area contributed by atoms with Crippen molar-refractivity contribution < 1.29 is 9.21 Å². The van der Waals surface area contributed by atoms with E-state index < -0.39 is 0 Å². The molecular weight excluding hydrogens is 465 g/mol. The number of benzene rings is 2. The monoisotopic (exact) mass is 479 g/mol. The van der Waals surface area contributed by atoms with Gasteiger partial charge in [-0.3, -0.25) is 4.79 Å². The zero-order chi connectivity index (χ0) is 18.1. The number of halogens is 2. The summed E-state index contributed by atoms with van der Waals surface area (Å²) in [7, 11) is 0. The molecule has 1 fully saturated rings. The molecule has 0 bridgehead atoms. The number of aromatic nitrogens is 2. The molecule has 0 spiro atoms. The predicted octanol–water partition coefficient (Wildman–Crippen LogP) is 4.80. The fourth-order valence-corrected chi connectivity index (χ4v) is 3.58. The van der Waals surface area contributed by atoms with Crippen molar-refractivity contribution in [2.75, 3.05) is 0 Å². The minimum absolute atomic E-state index is 0.00464.